The van der Waals surface area contributed by atoms with E-state index in [0.717, 1.165) is 27.4 Å². The lowest BCUT2D eigenvalue weighted by molar-refractivity contribution is -0.151. The van der Waals surface area contributed by atoms with Gasteiger partial charge in [-0.15, -0.1) is 0 Å². The number of ether oxygens (including phenoxy) is 1. The molecule has 2 aromatic heterocycles. The molecule has 32 heavy (non-hydrogen) atoms. The Bertz CT molecular complexity index is 1350. The number of benzene rings is 3. The van der Waals surface area contributed by atoms with Crippen molar-refractivity contribution in [3.05, 3.63) is 108 Å². The second kappa shape index (κ2) is 8.36. The summed E-state index contributed by atoms with van der Waals surface area (Å²) in [6.07, 6.45) is 0.596. The summed E-state index contributed by atoms with van der Waals surface area (Å²) >= 11 is 0. The maximum atomic E-state index is 12.4. The summed E-state index contributed by atoms with van der Waals surface area (Å²) in [6, 6.07) is 27.7. The molecular weight excluding hydrogens is 402 g/mol. The lowest BCUT2D eigenvalue weighted by Gasteiger charge is -2.19. The fourth-order valence-corrected chi connectivity index (χ4v) is 4.33. The summed E-state index contributed by atoms with van der Waals surface area (Å²) in [6.45, 7) is 0.669. The van der Waals surface area contributed by atoms with E-state index in [2.05, 4.69) is 16.7 Å². The number of nitrogens with zero attached hydrogens (tertiary/aromatic N) is 1. The predicted octanol–water partition coefficient (Wildman–Crippen LogP) is 5.10. The van der Waals surface area contributed by atoms with Gasteiger partial charge in [0.05, 0.1) is 13.0 Å². The van der Waals surface area contributed by atoms with Crippen molar-refractivity contribution >= 4 is 27.8 Å². The molecule has 0 bridgehead atoms. The molecule has 160 valence electrons. The average molecular weight is 425 g/mol. The standard InChI is InChI=1S/C27H23NO4/c1-31-27(30)26(29)25(24-15-19-11-5-8-14-23(19)32-24)21-17-28(16-18-9-3-2-4-10-18)22-13-7-6-12-20(21)22/h2-15,17,25-26,29H,16H2,1H3/t25-,26+/m0/s1. The van der Waals surface area contributed by atoms with Crippen LogP contribution in [0.1, 0.15) is 22.8 Å². The van der Waals surface area contributed by atoms with Gasteiger partial charge in [0, 0.05) is 29.0 Å². The van der Waals surface area contributed by atoms with Crippen LogP contribution in [0, 0.1) is 0 Å². The summed E-state index contributed by atoms with van der Waals surface area (Å²) in [5, 5.41) is 12.9. The number of hydrogen-bond donors (Lipinski definition) is 1. The molecule has 0 aliphatic rings. The van der Waals surface area contributed by atoms with Crippen molar-refractivity contribution in [1.29, 1.82) is 0 Å². The molecule has 5 nitrogen and oxygen atoms in total. The van der Waals surface area contributed by atoms with Crippen molar-refractivity contribution in [3.8, 4) is 0 Å². The smallest absolute Gasteiger partial charge is 0.335 e. The zero-order valence-electron chi connectivity index (χ0n) is 17.6. The monoisotopic (exact) mass is 425 g/mol. The number of methoxy groups -OCH3 is 1. The number of hydrogen-bond acceptors (Lipinski definition) is 4. The Morgan fingerprint density at radius 1 is 1.00 bits per heavy atom. The van der Waals surface area contributed by atoms with Gasteiger partial charge in [0.15, 0.2) is 6.10 Å². The first kappa shape index (κ1) is 20.1. The van der Waals surface area contributed by atoms with Crippen LogP contribution in [0.5, 0.6) is 0 Å². The van der Waals surface area contributed by atoms with Gasteiger partial charge in [-0.1, -0.05) is 66.7 Å². The fourth-order valence-electron chi connectivity index (χ4n) is 4.33. The number of carbonyl (C=O) groups is 1. The fraction of sp³-hybridized carbons (Fsp3) is 0.148. The third-order valence-electron chi connectivity index (χ3n) is 5.86. The van der Waals surface area contributed by atoms with Crippen LogP contribution in [0.2, 0.25) is 0 Å². The van der Waals surface area contributed by atoms with Crippen LogP contribution in [0.4, 0.5) is 0 Å². The molecule has 0 spiro atoms. The van der Waals surface area contributed by atoms with Crippen molar-refractivity contribution in [3.63, 3.8) is 0 Å². The number of para-hydroxylation sites is 2. The van der Waals surface area contributed by atoms with Gasteiger partial charge >= 0.3 is 5.97 Å². The van der Waals surface area contributed by atoms with Crippen LogP contribution >= 0.6 is 0 Å². The second-order valence-electron chi connectivity index (χ2n) is 7.85. The third kappa shape index (κ3) is 3.57. The van der Waals surface area contributed by atoms with E-state index in [1.54, 1.807) is 0 Å². The topological polar surface area (TPSA) is 64.6 Å². The van der Waals surface area contributed by atoms with Crippen LogP contribution in [0.3, 0.4) is 0 Å². The van der Waals surface area contributed by atoms with Crippen LogP contribution in [-0.2, 0) is 16.1 Å². The number of rotatable bonds is 6. The van der Waals surface area contributed by atoms with E-state index in [1.807, 2.05) is 79.0 Å². The highest BCUT2D eigenvalue weighted by Crippen LogP contribution is 2.37. The minimum absolute atomic E-state index is 0.520. The molecule has 0 saturated heterocycles. The van der Waals surface area contributed by atoms with Crippen LogP contribution in [0.15, 0.2) is 95.5 Å². The van der Waals surface area contributed by atoms with Gasteiger partial charge in [0.25, 0.3) is 0 Å². The lowest BCUT2D eigenvalue weighted by Crippen LogP contribution is -2.29. The number of carbonyl (C=O) groups excluding carboxylic acids is 1. The zero-order chi connectivity index (χ0) is 22.1. The van der Waals surface area contributed by atoms with Gasteiger partial charge in [-0.05, 0) is 29.3 Å². The van der Waals surface area contributed by atoms with Gasteiger partial charge < -0.3 is 18.8 Å². The minimum Gasteiger partial charge on any atom is -0.467 e. The zero-order valence-corrected chi connectivity index (χ0v) is 17.6. The van der Waals surface area contributed by atoms with Crippen molar-refractivity contribution < 1.29 is 19.1 Å². The maximum Gasteiger partial charge on any atom is 0.335 e. The molecule has 5 rings (SSSR count). The summed E-state index contributed by atoms with van der Waals surface area (Å²) in [5.41, 5.74) is 3.70. The van der Waals surface area contributed by atoms with Gasteiger partial charge in [-0.2, -0.15) is 0 Å². The molecule has 0 unspecified atom stereocenters. The van der Waals surface area contributed by atoms with Crippen molar-refractivity contribution in [2.75, 3.05) is 7.11 Å². The first-order valence-corrected chi connectivity index (χ1v) is 10.5. The predicted molar refractivity (Wildman–Crippen MR) is 124 cm³/mol. The Hall–Kier alpha value is -3.83. The molecule has 0 amide bonds. The van der Waals surface area contributed by atoms with E-state index in [9.17, 15) is 9.90 Å². The largest absolute Gasteiger partial charge is 0.467 e. The number of esters is 1. The molecule has 2 atom stereocenters. The summed E-state index contributed by atoms with van der Waals surface area (Å²) in [7, 11) is 1.28. The van der Waals surface area contributed by atoms with Gasteiger partial charge in [0.2, 0.25) is 0 Å². The highest BCUT2D eigenvalue weighted by atomic mass is 16.5. The number of aliphatic hydroxyl groups is 1. The molecule has 5 heteroatoms. The lowest BCUT2D eigenvalue weighted by atomic mass is 9.90. The molecule has 1 N–H and O–H groups in total. The quantitative estimate of drug-likeness (QED) is 0.384. The molecule has 5 aromatic rings. The summed E-state index contributed by atoms with van der Waals surface area (Å²) in [5.74, 6) is -0.890. The Balaban J connectivity index is 1.68. The Labute approximate surface area is 185 Å². The van der Waals surface area contributed by atoms with Crippen molar-refractivity contribution in [2.24, 2.45) is 0 Å². The first-order chi connectivity index (χ1) is 15.7. The highest BCUT2D eigenvalue weighted by molar-refractivity contribution is 5.87. The van der Waals surface area contributed by atoms with E-state index in [4.69, 9.17) is 9.15 Å². The summed E-state index contributed by atoms with van der Waals surface area (Å²) < 4.78 is 13.1. The highest BCUT2D eigenvalue weighted by Gasteiger charge is 2.35. The number of aromatic nitrogens is 1. The number of aliphatic hydroxyl groups excluding tert-OH is 1. The number of furan rings is 1. The molecular formula is C27H23NO4. The van der Waals surface area contributed by atoms with E-state index < -0.39 is 18.0 Å². The van der Waals surface area contributed by atoms with Crippen LogP contribution in [-0.4, -0.2) is 28.9 Å². The normalized spacial score (nSPS) is 13.3. The van der Waals surface area contributed by atoms with E-state index >= 15 is 0 Å². The number of fused-ring (bicyclic) bond motifs is 2. The first-order valence-electron chi connectivity index (χ1n) is 10.5. The molecule has 0 aliphatic heterocycles. The van der Waals surface area contributed by atoms with Crippen LogP contribution in [0.25, 0.3) is 21.9 Å². The molecule has 2 heterocycles. The molecule has 0 saturated carbocycles. The Morgan fingerprint density at radius 3 is 2.50 bits per heavy atom. The van der Waals surface area contributed by atoms with Gasteiger partial charge in [-0.3, -0.25) is 0 Å². The van der Waals surface area contributed by atoms with Gasteiger partial charge in [0.1, 0.15) is 11.3 Å². The van der Waals surface area contributed by atoms with Crippen LogP contribution < -0.4 is 0 Å². The van der Waals surface area contributed by atoms with Gasteiger partial charge in [-0.25, -0.2) is 4.79 Å². The maximum absolute atomic E-state index is 12.4. The Kier molecular flexibility index (Phi) is 5.25. The Morgan fingerprint density at radius 2 is 1.72 bits per heavy atom. The average Bonchev–Trinajstić information content (AvgIpc) is 3.41. The van der Waals surface area contributed by atoms with E-state index in [-0.39, 0.29) is 0 Å². The minimum atomic E-state index is -1.41. The van der Waals surface area contributed by atoms with Crippen molar-refractivity contribution in [1.82, 2.24) is 4.57 Å². The SMILES string of the molecule is COC(=O)[C@H](O)[C@H](c1cc2ccccc2o1)c1cn(Cc2ccccc2)c2ccccc12. The summed E-state index contributed by atoms with van der Waals surface area (Å²) in [4.78, 5) is 12.4. The van der Waals surface area contributed by atoms with Crippen molar-refractivity contribution in [2.45, 2.75) is 18.6 Å². The van der Waals surface area contributed by atoms with E-state index in [0.29, 0.717) is 17.9 Å². The molecule has 0 aliphatic carbocycles. The molecule has 0 radical (unpaired) electrons. The third-order valence-corrected chi connectivity index (χ3v) is 5.86. The molecule has 3 aromatic carbocycles. The second-order valence-corrected chi connectivity index (χ2v) is 7.85. The van der Waals surface area contributed by atoms with E-state index in [1.165, 1.54) is 7.11 Å². The molecule has 0 fully saturated rings.